The molecule has 1 N–H and O–H groups in total. The smallest absolute Gasteiger partial charge is 0.255 e. The molecule has 1 aliphatic carbocycles. The molecule has 1 aromatic heterocycles. The summed E-state index contributed by atoms with van der Waals surface area (Å²) in [4.78, 5) is 19.1. The molecule has 126 valence electrons. The number of ether oxygens (including phenoxy) is 1. The van der Waals surface area contributed by atoms with Gasteiger partial charge < -0.3 is 15.0 Å². The van der Waals surface area contributed by atoms with E-state index in [0.29, 0.717) is 18.8 Å². The molecule has 5 heteroatoms. The number of aromatic nitrogens is 1. The lowest BCUT2D eigenvalue weighted by atomic mass is 10.0. The predicted molar refractivity (Wildman–Crippen MR) is 90.8 cm³/mol. The maximum Gasteiger partial charge on any atom is 0.255 e. The summed E-state index contributed by atoms with van der Waals surface area (Å²) in [7, 11) is 0. The topological polar surface area (TPSA) is 54.5 Å². The summed E-state index contributed by atoms with van der Waals surface area (Å²) in [5.74, 6) is 1.66. The van der Waals surface area contributed by atoms with E-state index in [0.717, 1.165) is 37.8 Å². The molecule has 3 rings (SSSR count). The number of hydrogen-bond acceptors (Lipinski definition) is 4. The number of rotatable bonds is 6. The van der Waals surface area contributed by atoms with Gasteiger partial charge in [-0.05, 0) is 30.9 Å². The highest BCUT2D eigenvalue weighted by atomic mass is 16.5. The van der Waals surface area contributed by atoms with Gasteiger partial charge in [0.25, 0.3) is 5.91 Å². The van der Waals surface area contributed by atoms with E-state index >= 15 is 0 Å². The summed E-state index contributed by atoms with van der Waals surface area (Å²) in [6.45, 7) is 3.72. The molecule has 1 aromatic rings. The van der Waals surface area contributed by atoms with Crippen molar-refractivity contribution in [1.29, 1.82) is 0 Å². The number of carbonyl (C=O) groups excluding carboxylic acids is 1. The Morgan fingerprint density at radius 3 is 2.87 bits per heavy atom. The second-order valence-corrected chi connectivity index (χ2v) is 6.52. The van der Waals surface area contributed by atoms with Crippen LogP contribution in [0, 0.1) is 5.92 Å². The molecule has 1 saturated heterocycles. The molecule has 0 bridgehead atoms. The zero-order valence-electron chi connectivity index (χ0n) is 13.8. The quantitative estimate of drug-likeness (QED) is 0.820. The van der Waals surface area contributed by atoms with Gasteiger partial charge in [0.05, 0.1) is 18.8 Å². The van der Waals surface area contributed by atoms with Crippen LogP contribution in [0.1, 0.15) is 48.9 Å². The lowest BCUT2D eigenvalue weighted by molar-refractivity contribution is 0.0950. The van der Waals surface area contributed by atoms with Crippen molar-refractivity contribution >= 4 is 11.7 Å². The lowest BCUT2D eigenvalue weighted by Gasteiger charge is -2.29. The van der Waals surface area contributed by atoms with E-state index in [2.05, 4.69) is 15.2 Å². The number of morpholine rings is 1. The van der Waals surface area contributed by atoms with E-state index in [1.807, 2.05) is 12.1 Å². The highest BCUT2D eigenvalue weighted by Gasteiger charge is 2.20. The maximum absolute atomic E-state index is 12.5. The molecule has 0 spiro atoms. The fourth-order valence-corrected chi connectivity index (χ4v) is 3.59. The van der Waals surface area contributed by atoms with Crippen LogP contribution in [-0.2, 0) is 4.74 Å². The predicted octanol–water partition coefficient (Wildman–Crippen LogP) is 2.62. The molecule has 0 aromatic carbocycles. The molecule has 2 heterocycles. The second kappa shape index (κ2) is 8.29. The van der Waals surface area contributed by atoms with E-state index in [9.17, 15) is 4.79 Å². The molecule has 23 heavy (non-hydrogen) atoms. The summed E-state index contributed by atoms with van der Waals surface area (Å²) in [6.07, 6.45) is 9.58. The van der Waals surface area contributed by atoms with Crippen molar-refractivity contribution in [3.8, 4) is 0 Å². The van der Waals surface area contributed by atoms with Crippen molar-refractivity contribution in [2.24, 2.45) is 5.92 Å². The van der Waals surface area contributed by atoms with Crippen LogP contribution in [0.3, 0.4) is 0 Å². The van der Waals surface area contributed by atoms with Gasteiger partial charge in [-0.15, -0.1) is 0 Å². The molecule has 0 unspecified atom stereocenters. The van der Waals surface area contributed by atoms with Gasteiger partial charge in [-0.2, -0.15) is 0 Å². The maximum atomic E-state index is 12.5. The summed E-state index contributed by atoms with van der Waals surface area (Å²) in [6, 6.07) is 3.70. The molecule has 5 nitrogen and oxygen atoms in total. The molecule has 1 saturated carbocycles. The second-order valence-electron chi connectivity index (χ2n) is 6.52. The highest BCUT2D eigenvalue weighted by molar-refractivity contribution is 5.98. The van der Waals surface area contributed by atoms with E-state index in [1.165, 1.54) is 32.1 Å². The minimum Gasteiger partial charge on any atom is -0.378 e. The Morgan fingerprint density at radius 2 is 2.09 bits per heavy atom. The first-order valence-corrected chi connectivity index (χ1v) is 8.90. The highest BCUT2D eigenvalue weighted by Crippen LogP contribution is 2.28. The molecule has 2 aliphatic rings. The van der Waals surface area contributed by atoms with E-state index in [-0.39, 0.29) is 5.91 Å². The van der Waals surface area contributed by atoms with Crippen LogP contribution < -0.4 is 10.2 Å². The third kappa shape index (κ3) is 4.44. The SMILES string of the molecule is O=C(NCCCC1CCCC1)c1cccnc1N1CCOCC1. The van der Waals surface area contributed by atoms with Gasteiger partial charge in [-0.3, -0.25) is 4.79 Å². The molecule has 1 amide bonds. The third-order valence-corrected chi connectivity index (χ3v) is 4.89. The number of hydrogen-bond donors (Lipinski definition) is 1. The zero-order chi connectivity index (χ0) is 15.9. The normalized spacial score (nSPS) is 19.0. The fourth-order valence-electron chi connectivity index (χ4n) is 3.59. The van der Waals surface area contributed by atoms with Gasteiger partial charge in [0.1, 0.15) is 5.82 Å². The minimum atomic E-state index is -0.00832. The van der Waals surface area contributed by atoms with Gasteiger partial charge in [0, 0.05) is 25.8 Å². The van der Waals surface area contributed by atoms with Crippen molar-refractivity contribution < 1.29 is 9.53 Å². The Bertz CT molecular complexity index is 509. The van der Waals surface area contributed by atoms with Crippen molar-refractivity contribution in [2.45, 2.75) is 38.5 Å². The molecule has 1 aliphatic heterocycles. The van der Waals surface area contributed by atoms with Crippen LogP contribution >= 0.6 is 0 Å². The van der Waals surface area contributed by atoms with Gasteiger partial charge >= 0.3 is 0 Å². The first-order chi connectivity index (χ1) is 11.3. The Hall–Kier alpha value is -1.62. The van der Waals surface area contributed by atoms with Gasteiger partial charge in [0.2, 0.25) is 0 Å². The standard InChI is InChI=1S/C18H27N3O2/c22-18(20-10-3-7-15-5-1-2-6-15)16-8-4-9-19-17(16)21-11-13-23-14-12-21/h4,8-9,15H,1-3,5-7,10-14H2,(H,20,22). The molecule has 0 radical (unpaired) electrons. The average molecular weight is 317 g/mol. The summed E-state index contributed by atoms with van der Waals surface area (Å²) < 4.78 is 5.38. The number of amides is 1. The first kappa shape index (κ1) is 16.2. The summed E-state index contributed by atoms with van der Waals surface area (Å²) in [5.41, 5.74) is 0.676. The Labute approximate surface area is 138 Å². The van der Waals surface area contributed by atoms with Crippen LogP contribution in [-0.4, -0.2) is 43.7 Å². The number of nitrogens with zero attached hydrogens (tertiary/aromatic N) is 2. The van der Waals surface area contributed by atoms with Gasteiger partial charge in [-0.1, -0.05) is 25.7 Å². The van der Waals surface area contributed by atoms with Crippen LogP contribution in [0.2, 0.25) is 0 Å². The van der Waals surface area contributed by atoms with Gasteiger partial charge in [0.15, 0.2) is 0 Å². The van der Waals surface area contributed by atoms with Crippen LogP contribution in [0.25, 0.3) is 0 Å². The fraction of sp³-hybridized carbons (Fsp3) is 0.667. The molecule has 0 atom stereocenters. The van der Waals surface area contributed by atoms with E-state index in [4.69, 9.17) is 4.74 Å². The van der Waals surface area contributed by atoms with Crippen molar-refractivity contribution in [1.82, 2.24) is 10.3 Å². The van der Waals surface area contributed by atoms with Gasteiger partial charge in [-0.25, -0.2) is 4.98 Å². The third-order valence-electron chi connectivity index (χ3n) is 4.89. The monoisotopic (exact) mass is 317 g/mol. The van der Waals surface area contributed by atoms with Crippen LogP contribution in [0.15, 0.2) is 18.3 Å². The molecule has 2 fully saturated rings. The van der Waals surface area contributed by atoms with E-state index in [1.54, 1.807) is 6.20 Å². The number of nitrogens with one attached hydrogen (secondary N) is 1. The minimum absolute atomic E-state index is 0.00832. The largest absolute Gasteiger partial charge is 0.378 e. The van der Waals surface area contributed by atoms with Crippen molar-refractivity contribution in [3.63, 3.8) is 0 Å². The Balaban J connectivity index is 1.52. The lowest BCUT2D eigenvalue weighted by Crippen LogP contribution is -2.38. The number of pyridine rings is 1. The summed E-state index contributed by atoms with van der Waals surface area (Å²) in [5, 5.41) is 3.07. The summed E-state index contributed by atoms with van der Waals surface area (Å²) >= 11 is 0. The zero-order valence-corrected chi connectivity index (χ0v) is 13.8. The average Bonchev–Trinajstić information content (AvgIpc) is 3.13. The Morgan fingerprint density at radius 1 is 1.30 bits per heavy atom. The first-order valence-electron chi connectivity index (χ1n) is 8.90. The van der Waals surface area contributed by atoms with Crippen LogP contribution in [0.5, 0.6) is 0 Å². The van der Waals surface area contributed by atoms with E-state index < -0.39 is 0 Å². The van der Waals surface area contributed by atoms with Crippen molar-refractivity contribution in [2.75, 3.05) is 37.7 Å². The van der Waals surface area contributed by atoms with Crippen molar-refractivity contribution in [3.05, 3.63) is 23.9 Å². The Kier molecular flexibility index (Phi) is 5.86. The number of carbonyl (C=O) groups is 1. The molecular weight excluding hydrogens is 290 g/mol. The molecular formula is C18H27N3O2. The van der Waals surface area contributed by atoms with Crippen LogP contribution in [0.4, 0.5) is 5.82 Å². The number of anilines is 1.